The van der Waals surface area contributed by atoms with E-state index in [-0.39, 0.29) is 29.9 Å². The number of rotatable bonds is 1. The van der Waals surface area contributed by atoms with Crippen molar-refractivity contribution in [2.45, 2.75) is 46.6 Å². The van der Waals surface area contributed by atoms with E-state index in [1.165, 1.54) is 12.5 Å². The average Bonchev–Trinajstić information content (AvgIpc) is 2.70. The number of fused-ring (bicyclic) bond motifs is 3. The smallest absolute Gasteiger partial charge is 0.309 e. The topological polar surface area (TPSA) is 52.6 Å². The van der Waals surface area contributed by atoms with Crippen molar-refractivity contribution in [3.63, 3.8) is 0 Å². The predicted molar refractivity (Wildman–Crippen MR) is 77.0 cm³/mol. The monoisotopic (exact) mass is 288 g/mol. The van der Waals surface area contributed by atoms with Crippen LogP contribution in [-0.4, -0.2) is 11.9 Å². The van der Waals surface area contributed by atoms with E-state index in [4.69, 9.17) is 9.47 Å². The minimum atomic E-state index is -0.332. The fourth-order valence-electron chi connectivity index (χ4n) is 3.68. The Bertz CT molecular complexity index is 632. The first-order chi connectivity index (χ1) is 9.90. The molecule has 1 fully saturated rings. The van der Waals surface area contributed by atoms with E-state index in [0.717, 1.165) is 29.5 Å². The Balaban J connectivity index is 2.13. The largest absolute Gasteiger partial charge is 0.457 e. The van der Waals surface area contributed by atoms with Crippen molar-refractivity contribution < 1.29 is 19.1 Å². The van der Waals surface area contributed by atoms with Gasteiger partial charge in [0.25, 0.3) is 0 Å². The molecule has 1 aromatic carbocycles. The van der Waals surface area contributed by atoms with E-state index < -0.39 is 0 Å². The Kier molecular flexibility index (Phi) is 3.27. The molecule has 1 aromatic rings. The molecule has 0 bridgehead atoms. The van der Waals surface area contributed by atoms with Gasteiger partial charge >= 0.3 is 11.9 Å². The summed E-state index contributed by atoms with van der Waals surface area (Å²) in [5, 5.41) is 0. The molecule has 21 heavy (non-hydrogen) atoms. The third kappa shape index (κ3) is 2.13. The van der Waals surface area contributed by atoms with Crippen LogP contribution >= 0.6 is 0 Å². The summed E-state index contributed by atoms with van der Waals surface area (Å²) >= 11 is 0. The van der Waals surface area contributed by atoms with Crippen LogP contribution in [0.3, 0.4) is 0 Å². The lowest BCUT2D eigenvalue weighted by Gasteiger charge is -2.31. The summed E-state index contributed by atoms with van der Waals surface area (Å²) in [5.74, 6) is 0.306. The summed E-state index contributed by atoms with van der Waals surface area (Å²) < 4.78 is 10.9. The van der Waals surface area contributed by atoms with Crippen molar-refractivity contribution >= 4 is 11.9 Å². The quantitative estimate of drug-likeness (QED) is 0.589. The lowest BCUT2D eigenvalue weighted by Crippen LogP contribution is -2.23. The van der Waals surface area contributed by atoms with E-state index in [1.807, 2.05) is 26.8 Å². The molecule has 1 aliphatic heterocycles. The first-order valence-corrected chi connectivity index (χ1v) is 7.42. The highest BCUT2D eigenvalue weighted by Crippen LogP contribution is 2.49. The van der Waals surface area contributed by atoms with Gasteiger partial charge in [0.2, 0.25) is 0 Å². The van der Waals surface area contributed by atoms with Crippen LogP contribution in [0.1, 0.15) is 48.6 Å². The molecule has 0 saturated carbocycles. The van der Waals surface area contributed by atoms with E-state index in [9.17, 15) is 9.59 Å². The molecular formula is C17H20O4. The van der Waals surface area contributed by atoms with Crippen LogP contribution in [0.4, 0.5) is 0 Å². The van der Waals surface area contributed by atoms with Gasteiger partial charge in [-0.1, -0.05) is 6.92 Å². The van der Waals surface area contributed by atoms with Crippen molar-refractivity contribution in [1.29, 1.82) is 0 Å². The van der Waals surface area contributed by atoms with Crippen LogP contribution in [0.5, 0.6) is 5.75 Å². The zero-order valence-corrected chi connectivity index (χ0v) is 12.9. The second-order valence-corrected chi connectivity index (χ2v) is 6.15. The van der Waals surface area contributed by atoms with Gasteiger partial charge in [0.05, 0.1) is 5.92 Å². The molecule has 1 heterocycles. The maximum Gasteiger partial charge on any atom is 0.309 e. The van der Waals surface area contributed by atoms with Gasteiger partial charge in [0.1, 0.15) is 11.9 Å². The maximum absolute atomic E-state index is 11.9. The number of carbonyl (C=O) groups is 2. The number of hydrogen-bond acceptors (Lipinski definition) is 4. The molecule has 1 aliphatic carbocycles. The SMILES string of the molecule is CC(=O)Oc1cc(C)c2c(c1C)[C@H]1OC(=O)[C@H](C)[C@H]1CC2. The molecule has 0 spiro atoms. The molecule has 3 rings (SSSR count). The molecular weight excluding hydrogens is 268 g/mol. The summed E-state index contributed by atoms with van der Waals surface area (Å²) in [6.45, 7) is 7.30. The van der Waals surface area contributed by atoms with Gasteiger partial charge < -0.3 is 9.47 Å². The van der Waals surface area contributed by atoms with Crippen molar-refractivity contribution in [2.24, 2.45) is 11.8 Å². The molecule has 0 N–H and O–H groups in total. The predicted octanol–water partition coefficient (Wildman–Crippen LogP) is 3.03. The summed E-state index contributed by atoms with van der Waals surface area (Å²) in [7, 11) is 0. The number of ether oxygens (including phenoxy) is 2. The van der Waals surface area contributed by atoms with Gasteiger partial charge in [-0.2, -0.15) is 0 Å². The highest BCUT2D eigenvalue weighted by Gasteiger charge is 2.46. The normalized spacial score (nSPS) is 26.9. The number of benzene rings is 1. The van der Waals surface area contributed by atoms with Crippen LogP contribution in [0.25, 0.3) is 0 Å². The first-order valence-electron chi connectivity index (χ1n) is 7.42. The molecule has 4 nitrogen and oxygen atoms in total. The summed E-state index contributed by atoms with van der Waals surface area (Å²) in [6, 6.07) is 1.91. The standard InChI is InChI=1S/C17H20O4/c1-8-7-14(20-11(4)18)10(3)15-12(8)5-6-13-9(2)17(19)21-16(13)15/h7,9,13,16H,5-6H2,1-4H3/t9-,13-,16+/m1/s1. The Morgan fingerprint density at radius 3 is 2.76 bits per heavy atom. The highest BCUT2D eigenvalue weighted by molar-refractivity contribution is 5.76. The van der Waals surface area contributed by atoms with Gasteiger partial charge in [-0.3, -0.25) is 9.59 Å². The summed E-state index contributed by atoms with van der Waals surface area (Å²) in [4.78, 5) is 23.2. The molecule has 3 atom stereocenters. The maximum atomic E-state index is 11.9. The third-order valence-electron chi connectivity index (χ3n) is 4.83. The van der Waals surface area contributed by atoms with Crippen molar-refractivity contribution in [2.75, 3.05) is 0 Å². The Morgan fingerprint density at radius 2 is 2.10 bits per heavy atom. The second kappa shape index (κ2) is 4.86. The molecule has 0 unspecified atom stereocenters. The van der Waals surface area contributed by atoms with E-state index in [2.05, 4.69) is 0 Å². The van der Waals surface area contributed by atoms with E-state index >= 15 is 0 Å². The Hall–Kier alpha value is -1.84. The van der Waals surface area contributed by atoms with Gasteiger partial charge in [0.15, 0.2) is 0 Å². The lowest BCUT2D eigenvalue weighted by atomic mass is 9.74. The Labute approximate surface area is 124 Å². The molecule has 2 aliphatic rings. The van der Waals surface area contributed by atoms with Crippen LogP contribution < -0.4 is 4.74 Å². The van der Waals surface area contributed by atoms with Crippen LogP contribution in [-0.2, 0) is 20.7 Å². The minimum absolute atomic E-state index is 0.0553. The second-order valence-electron chi connectivity index (χ2n) is 6.15. The van der Waals surface area contributed by atoms with E-state index in [0.29, 0.717) is 5.75 Å². The zero-order valence-electron chi connectivity index (χ0n) is 12.9. The van der Waals surface area contributed by atoms with Crippen molar-refractivity contribution in [3.05, 3.63) is 28.3 Å². The van der Waals surface area contributed by atoms with Gasteiger partial charge in [-0.25, -0.2) is 0 Å². The fraction of sp³-hybridized carbons (Fsp3) is 0.529. The van der Waals surface area contributed by atoms with Crippen LogP contribution in [0, 0.1) is 25.7 Å². The molecule has 112 valence electrons. The first kappa shape index (κ1) is 14.1. The molecule has 0 aromatic heterocycles. The summed E-state index contributed by atoms with van der Waals surface area (Å²) in [5.41, 5.74) is 4.31. The number of hydrogen-bond donors (Lipinski definition) is 0. The minimum Gasteiger partial charge on any atom is -0.457 e. The number of aryl methyl sites for hydroxylation is 1. The number of carbonyl (C=O) groups excluding carboxylic acids is 2. The van der Waals surface area contributed by atoms with Gasteiger partial charge in [-0.05, 0) is 49.4 Å². The van der Waals surface area contributed by atoms with Gasteiger partial charge in [-0.15, -0.1) is 0 Å². The third-order valence-corrected chi connectivity index (χ3v) is 4.83. The van der Waals surface area contributed by atoms with Crippen LogP contribution in [0.2, 0.25) is 0 Å². The molecule has 0 radical (unpaired) electrons. The van der Waals surface area contributed by atoms with Crippen LogP contribution in [0.15, 0.2) is 6.07 Å². The van der Waals surface area contributed by atoms with Crippen molar-refractivity contribution in [1.82, 2.24) is 0 Å². The number of esters is 2. The molecule has 4 heteroatoms. The molecule has 1 saturated heterocycles. The highest BCUT2D eigenvalue weighted by atomic mass is 16.6. The van der Waals surface area contributed by atoms with Gasteiger partial charge in [0, 0.05) is 18.4 Å². The zero-order chi connectivity index (χ0) is 15.3. The molecule has 0 amide bonds. The summed E-state index contributed by atoms with van der Waals surface area (Å²) in [6.07, 6.45) is 1.73. The lowest BCUT2D eigenvalue weighted by molar-refractivity contribution is -0.144. The average molecular weight is 288 g/mol. The fourth-order valence-corrected chi connectivity index (χ4v) is 3.68. The van der Waals surface area contributed by atoms with Crippen molar-refractivity contribution in [3.8, 4) is 5.75 Å². The van der Waals surface area contributed by atoms with E-state index in [1.54, 1.807) is 0 Å². The Morgan fingerprint density at radius 1 is 1.38 bits per heavy atom.